The number of benzene rings is 1. The largest absolute Gasteiger partial charge is 0.493 e. The lowest BCUT2D eigenvalue weighted by atomic mass is 10.1. The zero-order valence-electron chi connectivity index (χ0n) is 16.9. The number of ether oxygens (including phenoxy) is 3. The molecule has 0 fully saturated rings. The molecule has 8 nitrogen and oxygen atoms in total. The molecule has 0 spiro atoms. The molecule has 0 atom stereocenters. The molecule has 9 heteroatoms. The number of nitrogens with zero attached hydrogens (tertiary/aromatic N) is 2. The first-order valence-corrected chi connectivity index (χ1v) is 9.87. The monoisotopic (exact) mass is 416 g/mol. The van der Waals surface area contributed by atoms with Crippen LogP contribution in [0.25, 0.3) is 10.2 Å². The molecule has 2 aromatic heterocycles. The van der Waals surface area contributed by atoms with E-state index in [1.165, 1.54) is 17.7 Å². The molecule has 0 aliphatic heterocycles. The molecule has 0 saturated heterocycles. The molecule has 154 valence electrons. The van der Waals surface area contributed by atoms with Gasteiger partial charge in [0.15, 0.2) is 11.5 Å². The summed E-state index contributed by atoms with van der Waals surface area (Å²) in [5.74, 6) is 1.88. The van der Waals surface area contributed by atoms with Crippen molar-refractivity contribution in [3.63, 3.8) is 0 Å². The molecule has 1 aromatic carbocycles. The van der Waals surface area contributed by atoms with Gasteiger partial charge in [0.2, 0.25) is 0 Å². The topological polar surface area (TPSA) is 94.6 Å². The summed E-state index contributed by atoms with van der Waals surface area (Å²) in [6, 6.07) is 5.72. The van der Waals surface area contributed by atoms with Gasteiger partial charge in [0.1, 0.15) is 17.0 Å². The van der Waals surface area contributed by atoms with Crippen molar-refractivity contribution in [1.29, 1.82) is 0 Å². The molecule has 29 heavy (non-hydrogen) atoms. The Hall–Kier alpha value is -2.91. The number of nitrogens with one attached hydrogen (secondary N) is 2. The predicted molar refractivity (Wildman–Crippen MR) is 113 cm³/mol. The van der Waals surface area contributed by atoms with Gasteiger partial charge in [-0.15, -0.1) is 11.3 Å². The number of thiophene rings is 1. The summed E-state index contributed by atoms with van der Waals surface area (Å²) in [4.78, 5) is 22.6. The molecule has 3 rings (SSSR count). The Morgan fingerprint density at radius 2 is 2.00 bits per heavy atom. The van der Waals surface area contributed by atoms with Crippen LogP contribution in [0.5, 0.6) is 11.5 Å². The molecule has 0 saturated carbocycles. The smallest absolute Gasteiger partial charge is 0.261 e. The standard InChI is InChI=1S/C20H24N4O4S/c1-12-15-18(22-10-13-6-5-7-14(27-3)16(13)28-4)23-11-24-20(15)29-17(12)19(25)21-8-9-26-2/h5-7,11H,8-10H2,1-4H3,(H,21,25)(H,22,23,24). The van der Waals surface area contributed by atoms with Crippen molar-refractivity contribution in [2.75, 3.05) is 39.8 Å². The summed E-state index contributed by atoms with van der Waals surface area (Å²) in [6.45, 7) is 3.31. The van der Waals surface area contributed by atoms with Crippen molar-refractivity contribution in [2.45, 2.75) is 13.5 Å². The fourth-order valence-corrected chi connectivity index (χ4v) is 4.11. The highest BCUT2D eigenvalue weighted by Crippen LogP contribution is 2.35. The molecule has 0 unspecified atom stereocenters. The van der Waals surface area contributed by atoms with Crippen LogP contribution in [0.3, 0.4) is 0 Å². The summed E-state index contributed by atoms with van der Waals surface area (Å²) in [5.41, 5.74) is 1.78. The predicted octanol–water partition coefficient (Wildman–Crippen LogP) is 3.01. The fourth-order valence-electron chi connectivity index (χ4n) is 3.04. The Kier molecular flexibility index (Phi) is 6.84. The van der Waals surface area contributed by atoms with E-state index in [2.05, 4.69) is 20.6 Å². The van der Waals surface area contributed by atoms with Gasteiger partial charge in [-0.1, -0.05) is 12.1 Å². The molecule has 0 aliphatic carbocycles. The van der Waals surface area contributed by atoms with Crippen molar-refractivity contribution < 1.29 is 19.0 Å². The highest BCUT2D eigenvalue weighted by molar-refractivity contribution is 7.20. The average Bonchev–Trinajstić information content (AvgIpc) is 3.09. The van der Waals surface area contributed by atoms with Gasteiger partial charge in [0.25, 0.3) is 5.91 Å². The van der Waals surface area contributed by atoms with Crippen LogP contribution in [0.1, 0.15) is 20.8 Å². The number of amides is 1. The summed E-state index contributed by atoms with van der Waals surface area (Å²) in [6.07, 6.45) is 1.50. The number of hydrogen-bond donors (Lipinski definition) is 2. The van der Waals surface area contributed by atoms with E-state index in [9.17, 15) is 4.79 Å². The van der Waals surface area contributed by atoms with Crippen LogP contribution < -0.4 is 20.1 Å². The Morgan fingerprint density at radius 3 is 2.72 bits per heavy atom. The maximum atomic E-state index is 12.5. The molecule has 0 bridgehead atoms. The molecule has 0 radical (unpaired) electrons. The summed E-state index contributed by atoms with van der Waals surface area (Å²) >= 11 is 1.35. The number of methoxy groups -OCH3 is 3. The van der Waals surface area contributed by atoms with Crippen molar-refractivity contribution in [3.8, 4) is 11.5 Å². The number of anilines is 1. The van der Waals surface area contributed by atoms with E-state index in [-0.39, 0.29) is 5.91 Å². The number of carbonyl (C=O) groups excluding carboxylic acids is 1. The van der Waals surface area contributed by atoms with Gasteiger partial charge in [0.05, 0.1) is 31.1 Å². The second-order valence-electron chi connectivity index (χ2n) is 6.21. The van der Waals surface area contributed by atoms with Crippen LogP contribution in [0.15, 0.2) is 24.5 Å². The molecule has 2 N–H and O–H groups in total. The van der Waals surface area contributed by atoms with Gasteiger partial charge >= 0.3 is 0 Å². The number of carbonyl (C=O) groups is 1. The Balaban J connectivity index is 1.87. The van der Waals surface area contributed by atoms with E-state index in [1.807, 2.05) is 25.1 Å². The van der Waals surface area contributed by atoms with Crippen molar-refractivity contribution in [3.05, 3.63) is 40.5 Å². The molecule has 3 aromatic rings. The van der Waals surface area contributed by atoms with Crippen LogP contribution >= 0.6 is 11.3 Å². The highest BCUT2D eigenvalue weighted by Gasteiger charge is 2.19. The van der Waals surface area contributed by atoms with E-state index in [4.69, 9.17) is 14.2 Å². The van der Waals surface area contributed by atoms with Gasteiger partial charge in [-0.05, 0) is 18.6 Å². The maximum absolute atomic E-state index is 12.5. The van der Waals surface area contributed by atoms with Gasteiger partial charge in [-0.25, -0.2) is 9.97 Å². The maximum Gasteiger partial charge on any atom is 0.261 e. The van der Waals surface area contributed by atoms with E-state index in [1.54, 1.807) is 21.3 Å². The van der Waals surface area contributed by atoms with Crippen LogP contribution in [-0.2, 0) is 11.3 Å². The third-order valence-corrected chi connectivity index (χ3v) is 5.65. The van der Waals surface area contributed by atoms with E-state index < -0.39 is 0 Å². The van der Waals surface area contributed by atoms with Crippen LogP contribution in [0.4, 0.5) is 5.82 Å². The van der Waals surface area contributed by atoms with E-state index in [0.717, 1.165) is 21.3 Å². The van der Waals surface area contributed by atoms with Gasteiger partial charge in [0, 0.05) is 25.8 Å². The minimum absolute atomic E-state index is 0.136. The summed E-state index contributed by atoms with van der Waals surface area (Å²) in [5, 5.41) is 7.04. The van der Waals surface area contributed by atoms with Crippen LogP contribution in [0, 0.1) is 6.92 Å². The highest BCUT2D eigenvalue weighted by atomic mass is 32.1. The number of hydrogen-bond acceptors (Lipinski definition) is 8. The van der Waals surface area contributed by atoms with Gasteiger partial charge in [-0.3, -0.25) is 4.79 Å². The first-order chi connectivity index (χ1) is 14.1. The number of aromatic nitrogens is 2. The van der Waals surface area contributed by atoms with E-state index >= 15 is 0 Å². The van der Waals surface area contributed by atoms with Gasteiger partial charge in [-0.2, -0.15) is 0 Å². The average molecular weight is 417 g/mol. The minimum atomic E-state index is -0.136. The lowest BCUT2D eigenvalue weighted by molar-refractivity contribution is 0.0940. The third kappa shape index (κ3) is 4.41. The lowest BCUT2D eigenvalue weighted by Crippen LogP contribution is -2.26. The number of fused-ring (bicyclic) bond motifs is 1. The zero-order chi connectivity index (χ0) is 20.8. The van der Waals surface area contributed by atoms with Crippen molar-refractivity contribution in [1.82, 2.24) is 15.3 Å². The zero-order valence-corrected chi connectivity index (χ0v) is 17.7. The first kappa shape index (κ1) is 20.8. The normalized spacial score (nSPS) is 10.8. The lowest BCUT2D eigenvalue weighted by Gasteiger charge is -2.13. The molecular weight excluding hydrogens is 392 g/mol. The van der Waals surface area contributed by atoms with Crippen molar-refractivity contribution in [2.24, 2.45) is 0 Å². The third-order valence-electron chi connectivity index (χ3n) is 4.46. The Bertz CT molecular complexity index is 1010. The molecule has 0 aliphatic rings. The van der Waals surface area contributed by atoms with E-state index in [0.29, 0.717) is 41.9 Å². The number of rotatable bonds is 9. The van der Waals surface area contributed by atoms with Crippen molar-refractivity contribution >= 4 is 33.3 Å². The summed E-state index contributed by atoms with van der Waals surface area (Å²) < 4.78 is 15.8. The Morgan fingerprint density at radius 1 is 1.17 bits per heavy atom. The fraction of sp³-hybridized carbons (Fsp3) is 0.350. The van der Waals surface area contributed by atoms with Gasteiger partial charge < -0.3 is 24.8 Å². The second kappa shape index (κ2) is 9.53. The summed E-state index contributed by atoms with van der Waals surface area (Å²) in [7, 11) is 4.82. The molecule has 2 heterocycles. The quantitative estimate of drug-likeness (QED) is 0.518. The molecular formula is C20H24N4O4S. The first-order valence-electron chi connectivity index (χ1n) is 9.05. The number of para-hydroxylation sites is 1. The Labute approximate surface area is 173 Å². The number of aryl methyl sites for hydroxylation is 1. The minimum Gasteiger partial charge on any atom is -0.493 e. The van der Waals surface area contributed by atoms with Crippen LogP contribution in [-0.4, -0.2) is 50.4 Å². The second-order valence-corrected chi connectivity index (χ2v) is 7.21. The molecule has 1 amide bonds. The SMILES string of the molecule is COCCNC(=O)c1sc2ncnc(NCc3cccc(OC)c3OC)c2c1C. The van der Waals surface area contributed by atoms with Crippen LogP contribution in [0.2, 0.25) is 0 Å².